The molecule has 0 spiro atoms. The molecular weight excluding hydrogens is 603 g/mol. The van der Waals surface area contributed by atoms with Crippen molar-refractivity contribution < 1.29 is 24.4 Å². The van der Waals surface area contributed by atoms with Gasteiger partial charge in [-0.3, -0.25) is 0 Å². The molecule has 1 aromatic heterocycles. The number of carbonyl (C=O) groups excluding carboxylic acids is 1. The van der Waals surface area contributed by atoms with Gasteiger partial charge in [-0.2, -0.15) is 0 Å². The Morgan fingerprint density at radius 1 is 0.860 bits per heavy atom. The molecule has 1 aliphatic rings. The van der Waals surface area contributed by atoms with Crippen molar-refractivity contribution in [2.45, 2.75) is 97.4 Å². The molecule has 0 aliphatic heterocycles. The van der Waals surface area contributed by atoms with Crippen LogP contribution in [0.4, 0.5) is 5.69 Å². The quantitative estimate of drug-likeness (QED) is 0.0691. The number of aliphatic carboxylic acids is 1. The van der Waals surface area contributed by atoms with Gasteiger partial charge in [0.1, 0.15) is 0 Å². The van der Waals surface area contributed by atoms with Crippen LogP contribution in [0.1, 0.15) is 101 Å². The number of allylic oxidation sites excluding steroid dienone is 2. The molecule has 0 radical (unpaired) electrons. The van der Waals surface area contributed by atoms with Crippen LogP contribution in [0.5, 0.6) is 0 Å². The zero-order chi connectivity index (χ0) is 30.6. The molecule has 43 heavy (non-hydrogen) atoms. The Bertz CT molecular complexity index is 1420. The summed E-state index contributed by atoms with van der Waals surface area (Å²) >= 11 is -0.174. The van der Waals surface area contributed by atoms with Crippen LogP contribution in [-0.4, -0.2) is 44.5 Å². The number of hydrogen-bond acceptors (Lipinski definition) is 4. The van der Waals surface area contributed by atoms with E-state index in [1.165, 1.54) is 77.0 Å². The summed E-state index contributed by atoms with van der Waals surface area (Å²) in [6.07, 6.45) is 16.8. The van der Waals surface area contributed by atoms with Crippen molar-refractivity contribution in [3.05, 3.63) is 70.0 Å². The molecule has 0 bridgehead atoms. The fourth-order valence-corrected chi connectivity index (χ4v) is 8.08. The van der Waals surface area contributed by atoms with Gasteiger partial charge >= 0.3 is 185 Å². The van der Waals surface area contributed by atoms with Crippen molar-refractivity contribution in [1.29, 1.82) is 0 Å². The number of rotatable bonds is 19. The Morgan fingerprint density at radius 2 is 1.44 bits per heavy atom. The molecule has 1 aliphatic carbocycles. The molecule has 0 fully saturated rings. The van der Waals surface area contributed by atoms with Crippen molar-refractivity contribution in [1.82, 2.24) is 0 Å². The first-order valence-corrected chi connectivity index (χ1v) is 17.8. The summed E-state index contributed by atoms with van der Waals surface area (Å²) in [5.74, 6) is -1.48. The van der Waals surface area contributed by atoms with Gasteiger partial charge in [0.2, 0.25) is 0 Å². The van der Waals surface area contributed by atoms with Crippen LogP contribution in [0, 0.1) is 0 Å². The summed E-state index contributed by atoms with van der Waals surface area (Å²) < 4.78 is 3.48. The molecule has 0 atom stereocenters. The van der Waals surface area contributed by atoms with Crippen molar-refractivity contribution in [2.24, 2.45) is 0 Å². The van der Waals surface area contributed by atoms with Crippen LogP contribution in [0.15, 0.2) is 59.9 Å². The molecule has 6 nitrogen and oxygen atoms in total. The third-order valence-electron chi connectivity index (χ3n) is 8.23. The van der Waals surface area contributed by atoms with Gasteiger partial charge in [-0.15, -0.1) is 0 Å². The van der Waals surface area contributed by atoms with E-state index < -0.39 is 5.97 Å². The van der Waals surface area contributed by atoms with Gasteiger partial charge in [-0.25, -0.2) is 0 Å². The summed E-state index contributed by atoms with van der Waals surface area (Å²) in [4.78, 5) is 27.2. The number of anilines is 1. The number of ketones is 1. The maximum atomic E-state index is 13.2. The molecule has 1 heterocycles. The molecule has 1 N–H and O–H groups in total. The van der Waals surface area contributed by atoms with Gasteiger partial charge in [-0.1, -0.05) is 78.1 Å². The number of benzene rings is 2. The first kappa shape index (κ1) is 32.8. The number of fused-ring (bicyclic) bond motifs is 1. The van der Waals surface area contributed by atoms with Gasteiger partial charge in [0, 0.05) is 0 Å². The second-order valence-electron chi connectivity index (χ2n) is 11.5. The third-order valence-corrected chi connectivity index (χ3v) is 10.6. The summed E-state index contributed by atoms with van der Waals surface area (Å²) in [6, 6.07) is 15.6. The zero-order valence-electron chi connectivity index (χ0n) is 25.8. The average Bonchev–Trinajstić information content (AvgIpc) is 3.35. The Hall–Kier alpha value is -3.15. The van der Waals surface area contributed by atoms with Crippen molar-refractivity contribution >= 4 is 53.4 Å². The first-order valence-electron chi connectivity index (χ1n) is 16.1. The van der Waals surface area contributed by atoms with E-state index in [1.54, 1.807) is 10.6 Å². The van der Waals surface area contributed by atoms with E-state index in [4.69, 9.17) is 0 Å². The van der Waals surface area contributed by atoms with E-state index >= 15 is 0 Å². The molecule has 2 aromatic carbocycles. The molecule has 0 saturated carbocycles. The van der Waals surface area contributed by atoms with Crippen LogP contribution in [0.3, 0.4) is 0 Å². The Morgan fingerprint density at radius 3 is 2.02 bits per heavy atom. The normalized spacial score (nSPS) is 14.1. The molecule has 0 amide bonds. The number of nitrogens with zero attached hydrogens (tertiary/aromatic N) is 2. The summed E-state index contributed by atoms with van der Waals surface area (Å²) in [5, 5.41) is 22.7. The number of para-hydroxylation sites is 1. The monoisotopic (exact) mass is 650 g/mol. The second-order valence-corrected chi connectivity index (χ2v) is 13.8. The molecule has 3 aromatic rings. The predicted octanol–water partition coefficient (Wildman–Crippen LogP) is 6.53. The number of carboxylic acid groups (broad SMARTS) is 1. The van der Waals surface area contributed by atoms with Gasteiger partial charge in [0.15, 0.2) is 0 Å². The number of Topliss-reactive ketones (excluding diaryl/α,β-unsaturated/α-hetero) is 1. The molecule has 0 unspecified atom stereocenters. The number of hydrogen-bond donors (Lipinski definition) is 1. The van der Waals surface area contributed by atoms with Crippen LogP contribution in [0.2, 0.25) is 0 Å². The second kappa shape index (κ2) is 16.6. The summed E-state index contributed by atoms with van der Waals surface area (Å²) in [6.45, 7) is 6.34. The van der Waals surface area contributed by atoms with E-state index in [0.29, 0.717) is 5.56 Å². The van der Waals surface area contributed by atoms with Gasteiger partial charge < -0.3 is 0 Å². The maximum absolute atomic E-state index is 13.2. The standard InChI is InChI=1S/C36H46N2O4Se/c1-3-5-7-9-11-15-23-37(24-16-12-10-8-6-4-2)28-21-19-27(20-22-28)34-35(41)29(36(34)42)25-32-38(26-33(39)40)30-17-13-14-18-31(30)43-32/h13-14,17-22,25H,3-12,15-16,23-24,26H2,1-2H3,(H-,39,40,41,42). The fraction of sp³-hybridized carbons (Fsp3) is 0.472. The van der Waals surface area contributed by atoms with Gasteiger partial charge in [0.05, 0.1) is 0 Å². The number of aromatic nitrogens is 1. The van der Waals surface area contributed by atoms with E-state index in [-0.39, 0.29) is 43.7 Å². The Kier molecular flexibility index (Phi) is 12.7. The molecule has 230 valence electrons. The Balaban J connectivity index is 1.47. The SMILES string of the molecule is CCCCCCCCN(CCCCCCCC)c1ccc(C2=C([O-])C(=Cc3[se]c4ccccc4[n+]3CC(=O)O)C2=O)cc1. The fourth-order valence-electron chi connectivity index (χ4n) is 5.76. The van der Waals surface area contributed by atoms with E-state index in [0.717, 1.165) is 33.1 Å². The average molecular weight is 650 g/mol. The van der Waals surface area contributed by atoms with Crippen LogP contribution in [-0.2, 0) is 16.1 Å². The van der Waals surface area contributed by atoms with Crippen molar-refractivity contribution in [3.63, 3.8) is 0 Å². The third kappa shape index (κ3) is 8.70. The molecule has 7 heteroatoms. The number of carbonyl (C=O) groups is 2. The topological polar surface area (TPSA) is 84.6 Å². The van der Waals surface area contributed by atoms with E-state index in [1.807, 2.05) is 36.4 Å². The minimum absolute atomic E-state index is 0.145. The van der Waals surface area contributed by atoms with Crippen molar-refractivity contribution in [3.8, 4) is 0 Å². The van der Waals surface area contributed by atoms with Crippen molar-refractivity contribution in [2.75, 3.05) is 18.0 Å². The molecular formula is C36H46N2O4Se. The number of carboxylic acids is 1. The minimum atomic E-state index is -0.955. The predicted molar refractivity (Wildman–Crippen MR) is 174 cm³/mol. The van der Waals surface area contributed by atoms with Gasteiger partial charge in [-0.05, 0) is 0 Å². The molecule has 4 rings (SSSR count). The summed E-state index contributed by atoms with van der Waals surface area (Å²) in [5.41, 5.74) is 3.01. The Labute approximate surface area is 262 Å². The number of unbranched alkanes of at least 4 members (excludes halogenated alkanes) is 10. The van der Waals surface area contributed by atoms with Crippen LogP contribution < -0.4 is 14.6 Å². The van der Waals surface area contributed by atoms with Crippen LogP contribution in [0.25, 0.3) is 21.4 Å². The zero-order valence-corrected chi connectivity index (χ0v) is 27.5. The van der Waals surface area contributed by atoms with Gasteiger partial charge in [0.25, 0.3) is 0 Å². The summed E-state index contributed by atoms with van der Waals surface area (Å²) in [7, 11) is 0. The van der Waals surface area contributed by atoms with E-state index in [2.05, 4.69) is 30.9 Å². The van der Waals surface area contributed by atoms with Crippen LogP contribution >= 0.6 is 0 Å². The van der Waals surface area contributed by atoms with E-state index in [9.17, 15) is 19.8 Å². The molecule has 0 saturated heterocycles. The first-order chi connectivity index (χ1) is 20.9.